The van der Waals surface area contributed by atoms with Crippen molar-refractivity contribution in [1.82, 2.24) is 4.90 Å². The van der Waals surface area contributed by atoms with E-state index < -0.39 is 28.5 Å². The molecule has 200 valence electrons. The summed E-state index contributed by atoms with van der Waals surface area (Å²) in [6.45, 7) is 3.78. The Balaban J connectivity index is 1.44. The van der Waals surface area contributed by atoms with Crippen LogP contribution in [0.25, 0.3) is 6.08 Å². The van der Waals surface area contributed by atoms with Gasteiger partial charge in [0.1, 0.15) is 13.2 Å². The molecular weight excluding hydrogens is 522 g/mol. The van der Waals surface area contributed by atoms with Crippen LogP contribution in [0.4, 0.5) is 16.2 Å². The molecule has 39 heavy (non-hydrogen) atoms. The lowest BCUT2D eigenvalue weighted by Gasteiger charge is -2.13. The van der Waals surface area contributed by atoms with Gasteiger partial charge in [-0.25, -0.2) is 0 Å². The van der Waals surface area contributed by atoms with Crippen LogP contribution in [0.15, 0.2) is 71.6 Å². The third kappa shape index (κ3) is 7.02. The number of aryl methyl sites for hydroxylation is 1. The van der Waals surface area contributed by atoms with Crippen LogP contribution in [0.5, 0.6) is 11.5 Å². The Kier molecular flexibility index (Phi) is 8.62. The molecule has 0 aliphatic carbocycles. The van der Waals surface area contributed by atoms with Gasteiger partial charge in [-0.05, 0) is 67.1 Å². The number of hydrogen-bond donors (Lipinski definition) is 1. The smallest absolute Gasteiger partial charge is 0.294 e. The highest BCUT2D eigenvalue weighted by Crippen LogP contribution is 2.35. The first-order valence-corrected chi connectivity index (χ1v) is 12.8. The average molecular weight is 548 g/mol. The lowest BCUT2D eigenvalue weighted by Crippen LogP contribution is -2.36. The number of ether oxygens (including phenoxy) is 2. The maximum Gasteiger partial charge on any atom is 0.294 e. The van der Waals surface area contributed by atoms with Crippen LogP contribution in [-0.2, 0) is 16.2 Å². The predicted octanol–water partition coefficient (Wildman–Crippen LogP) is 5.56. The second-order valence-electron chi connectivity index (χ2n) is 8.54. The van der Waals surface area contributed by atoms with Crippen LogP contribution in [0.2, 0.25) is 0 Å². The van der Waals surface area contributed by atoms with Gasteiger partial charge < -0.3 is 14.8 Å². The topological polar surface area (TPSA) is 128 Å². The number of hydrogen-bond acceptors (Lipinski definition) is 8. The quantitative estimate of drug-likeness (QED) is 0.199. The van der Waals surface area contributed by atoms with E-state index in [9.17, 15) is 24.5 Å². The van der Waals surface area contributed by atoms with E-state index in [1.807, 2.05) is 26.0 Å². The largest absolute Gasteiger partial charge is 0.490 e. The fraction of sp³-hybridized carbons (Fsp3) is 0.179. The van der Waals surface area contributed by atoms with Crippen molar-refractivity contribution in [3.05, 3.63) is 98.4 Å². The van der Waals surface area contributed by atoms with Gasteiger partial charge in [0.25, 0.3) is 16.8 Å². The molecule has 0 saturated carbocycles. The minimum absolute atomic E-state index is 0.0296. The van der Waals surface area contributed by atoms with Gasteiger partial charge in [-0.3, -0.25) is 29.4 Å². The Hall–Kier alpha value is -4.64. The van der Waals surface area contributed by atoms with Gasteiger partial charge in [-0.1, -0.05) is 35.9 Å². The molecule has 0 unspecified atom stereocenters. The summed E-state index contributed by atoms with van der Waals surface area (Å²) in [5, 5.41) is 13.2. The number of carbonyl (C=O) groups excluding carboxylic acids is 3. The molecule has 4 rings (SSSR count). The third-order valence-corrected chi connectivity index (χ3v) is 6.50. The Morgan fingerprint density at radius 2 is 1.82 bits per heavy atom. The number of non-ortho nitro benzene ring substituents is 1. The van der Waals surface area contributed by atoms with Crippen LogP contribution in [0, 0.1) is 17.0 Å². The molecule has 0 aromatic heterocycles. The molecule has 1 aliphatic rings. The lowest BCUT2D eigenvalue weighted by molar-refractivity contribution is -0.384. The molecule has 1 saturated heterocycles. The van der Waals surface area contributed by atoms with Gasteiger partial charge in [-0.2, -0.15) is 0 Å². The highest BCUT2D eigenvalue weighted by atomic mass is 32.2. The van der Waals surface area contributed by atoms with Crippen molar-refractivity contribution in [3.63, 3.8) is 0 Å². The summed E-state index contributed by atoms with van der Waals surface area (Å²) in [6, 6.07) is 18.4. The first-order chi connectivity index (χ1) is 18.7. The summed E-state index contributed by atoms with van der Waals surface area (Å²) in [5.74, 6) is -0.214. The first-order valence-electron chi connectivity index (χ1n) is 12.0. The molecule has 1 N–H and O–H groups in total. The van der Waals surface area contributed by atoms with Crippen molar-refractivity contribution >= 4 is 46.3 Å². The van der Waals surface area contributed by atoms with E-state index in [1.165, 1.54) is 12.1 Å². The Bertz CT molecular complexity index is 1450. The summed E-state index contributed by atoms with van der Waals surface area (Å²) in [6.07, 6.45) is 1.55. The number of carbonyl (C=O) groups is 3. The van der Waals surface area contributed by atoms with Crippen molar-refractivity contribution in [2.45, 2.75) is 20.5 Å². The summed E-state index contributed by atoms with van der Waals surface area (Å²) >= 11 is 0.753. The highest BCUT2D eigenvalue weighted by molar-refractivity contribution is 8.18. The second-order valence-corrected chi connectivity index (χ2v) is 9.53. The van der Waals surface area contributed by atoms with Crippen LogP contribution < -0.4 is 14.8 Å². The number of nitrogens with one attached hydrogen (secondary N) is 1. The maximum absolute atomic E-state index is 12.9. The van der Waals surface area contributed by atoms with Crippen molar-refractivity contribution in [3.8, 4) is 11.5 Å². The van der Waals surface area contributed by atoms with E-state index >= 15 is 0 Å². The molecule has 10 nitrogen and oxygen atoms in total. The molecule has 3 aromatic carbocycles. The Morgan fingerprint density at radius 3 is 2.54 bits per heavy atom. The lowest BCUT2D eigenvalue weighted by atomic mass is 10.1. The normalized spacial score (nSPS) is 14.0. The molecule has 1 heterocycles. The predicted molar refractivity (Wildman–Crippen MR) is 148 cm³/mol. The standard InChI is InChI=1S/C28H25N3O7S/c1-3-37-24-14-19(9-12-23(24)38-17-20-5-4-6-22(13-20)31(35)36)15-25-27(33)30(28(34)39-25)16-26(32)29-21-10-7-18(2)8-11-21/h4-15H,3,16-17H2,1-2H3,(H,29,32)/b25-15+. The van der Waals surface area contributed by atoms with Crippen molar-refractivity contribution < 1.29 is 28.8 Å². The number of benzene rings is 3. The van der Waals surface area contributed by atoms with E-state index in [2.05, 4.69) is 5.32 Å². The molecule has 0 spiro atoms. The fourth-order valence-electron chi connectivity index (χ4n) is 3.69. The maximum atomic E-state index is 12.9. The minimum atomic E-state index is -0.562. The number of amides is 3. The van der Waals surface area contributed by atoms with Gasteiger partial charge in [0.05, 0.1) is 16.4 Å². The number of nitro groups is 1. The summed E-state index contributed by atoms with van der Waals surface area (Å²) < 4.78 is 11.5. The minimum Gasteiger partial charge on any atom is -0.490 e. The summed E-state index contributed by atoms with van der Waals surface area (Å²) in [5.41, 5.74) is 2.80. The molecule has 0 atom stereocenters. The first kappa shape index (κ1) is 27.4. The van der Waals surface area contributed by atoms with E-state index in [0.717, 1.165) is 22.2 Å². The zero-order valence-corrected chi connectivity index (χ0v) is 22.0. The SMILES string of the molecule is CCOc1cc(/C=C2/SC(=O)N(CC(=O)Nc3ccc(C)cc3)C2=O)ccc1OCc1cccc([N+](=O)[O-])c1. The summed E-state index contributed by atoms with van der Waals surface area (Å²) in [4.78, 5) is 49.4. The van der Waals surface area contributed by atoms with Crippen LogP contribution >= 0.6 is 11.8 Å². The zero-order valence-electron chi connectivity index (χ0n) is 21.2. The van der Waals surface area contributed by atoms with Crippen LogP contribution in [0.1, 0.15) is 23.6 Å². The third-order valence-electron chi connectivity index (χ3n) is 5.59. The second kappa shape index (κ2) is 12.3. The molecular formula is C28H25N3O7S. The summed E-state index contributed by atoms with van der Waals surface area (Å²) in [7, 11) is 0. The van der Waals surface area contributed by atoms with Gasteiger partial charge in [0, 0.05) is 17.8 Å². The van der Waals surface area contributed by atoms with E-state index in [4.69, 9.17) is 9.47 Å². The molecule has 11 heteroatoms. The van der Waals surface area contributed by atoms with Crippen molar-refractivity contribution in [2.75, 3.05) is 18.5 Å². The number of anilines is 1. The van der Waals surface area contributed by atoms with Gasteiger partial charge in [0.15, 0.2) is 11.5 Å². The monoisotopic (exact) mass is 547 g/mol. The zero-order chi connectivity index (χ0) is 27.9. The van der Waals surface area contributed by atoms with Gasteiger partial charge >= 0.3 is 0 Å². The number of nitro benzene ring substituents is 1. The number of imide groups is 1. The van der Waals surface area contributed by atoms with E-state index in [0.29, 0.717) is 34.9 Å². The molecule has 1 fully saturated rings. The molecule has 0 bridgehead atoms. The Morgan fingerprint density at radius 1 is 1.05 bits per heavy atom. The molecule has 0 radical (unpaired) electrons. The molecule has 3 aromatic rings. The van der Waals surface area contributed by atoms with E-state index in [-0.39, 0.29) is 17.2 Å². The van der Waals surface area contributed by atoms with Crippen molar-refractivity contribution in [2.24, 2.45) is 0 Å². The average Bonchev–Trinajstić information content (AvgIpc) is 3.17. The number of nitrogens with zero attached hydrogens (tertiary/aromatic N) is 2. The molecule has 3 amide bonds. The van der Waals surface area contributed by atoms with Gasteiger partial charge in [0.2, 0.25) is 5.91 Å². The Labute approximate surface area is 228 Å². The van der Waals surface area contributed by atoms with Crippen LogP contribution in [0.3, 0.4) is 0 Å². The van der Waals surface area contributed by atoms with Crippen molar-refractivity contribution in [1.29, 1.82) is 0 Å². The number of rotatable bonds is 10. The van der Waals surface area contributed by atoms with Crippen LogP contribution in [-0.4, -0.2) is 40.0 Å². The van der Waals surface area contributed by atoms with E-state index in [1.54, 1.807) is 48.5 Å². The molecule has 1 aliphatic heterocycles. The number of thioether (sulfide) groups is 1. The fourth-order valence-corrected chi connectivity index (χ4v) is 4.53. The highest BCUT2D eigenvalue weighted by Gasteiger charge is 2.36. The van der Waals surface area contributed by atoms with Gasteiger partial charge in [-0.15, -0.1) is 0 Å².